The molecule has 0 aliphatic heterocycles. The molecule has 0 bridgehead atoms. The van der Waals surface area contributed by atoms with E-state index < -0.39 is 0 Å². The summed E-state index contributed by atoms with van der Waals surface area (Å²) < 4.78 is 0. The van der Waals surface area contributed by atoms with Crippen molar-refractivity contribution < 1.29 is 0 Å². The van der Waals surface area contributed by atoms with Gasteiger partial charge in [-0.15, -0.1) is 0 Å². The molecule has 0 radical (unpaired) electrons. The summed E-state index contributed by atoms with van der Waals surface area (Å²) in [5, 5.41) is 9.85. The Morgan fingerprint density at radius 1 is 1.17 bits per heavy atom. The van der Waals surface area contributed by atoms with Gasteiger partial charge in [-0.2, -0.15) is 5.26 Å². The fourth-order valence-electron chi connectivity index (χ4n) is 2.09. The number of nitriles is 1. The van der Waals surface area contributed by atoms with Crippen LogP contribution >= 0.6 is 0 Å². The molecule has 0 spiro atoms. The van der Waals surface area contributed by atoms with Crippen molar-refractivity contribution in [3.63, 3.8) is 0 Å². The molecule has 1 N–H and O–H groups in total. The summed E-state index contributed by atoms with van der Waals surface area (Å²) in [5.74, 6) is 0. The topological polar surface area (TPSA) is 52.5 Å². The van der Waals surface area contributed by atoms with Crippen LogP contribution in [0.4, 0.5) is 0 Å². The minimum atomic E-state index is 0.408. The first-order valence-electron chi connectivity index (χ1n) is 5.77. The van der Waals surface area contributed by atoms with E-state index in [0.717, 1.165) is 27.9 Å². The van der Waals surface area contributed by atoms with Crippen LogP contribution in [-0.2, 0) is 6.42 Å². The first-order chi connectivity index (χ1) is 8.88. The molecule has 0 unspecified atom stereocenters. The first kappa shape index (κ1) is 10.5. The number of nitrogens with zero attached hydrogens (tertiary/aromatic N) is 2. The van der Waals surface area contributed by atoms with Crippen LogP contribution in [0.5, 0.6) is 0 Å². The lowest BCUT2D eigenvalue weighted by Gasteiger charge is -1.94. The van der Waals surface area contributed by atoms with Crippen LogP contribution in [0.1, 0.15) is 5.56 Å². The Bertz CT molecular complexity index is 720. The van der Waals surface area contributed by atoms with Gasteiger partial charge in [0.2, 0.25) is 0 Å². The number of benzene rings is 1. The van der Waals surface area contributed by atoms with Gasteiger partial charge in [-0.1, -0.05) is 30.3 Å². The predicted molar refractivity (Wildman–Crippen MR) is 70.8 cm³/mol. The second-order valence-corrected chi connectivity index (χ2v) is 4.12. The molecule has 0 saturated heterocycles. The highest BCUT2D eigenvalue weighted by molar-refractivity contribution is 5.86. The summed E-state index contributed by atoms with van der Waals surface area (Å²) in [7, 11) is 0. The summed E-state index contributed by atoms with van der Waals surface area (Å²) in [6.45, 7) is 0. The molecule has 2 heterocycles. The molecule has 2 aromatic heterocycles. The van der Waals surface area contributed by atoms with Crippen LogP contribution in [0, 0.1) is 11.3 Å². The summed E-state index contributed by atoms with van der Waals surface area (Å²) in [6.07, 6.45) is 2.14. The Labute approximate surface area is 105 Å². The maximum Gasteiger partial charge on any atom is 0.138 e. The van der Waals surface area contributed by atoms with E-state index in [1.165, 1.54) is 0 Å². The lowest BCUT2D eigenvalue weighted by Crippen LogP contribution is -1.84. The van der Waals surface area contributed by atoms with Crippen LogP contribution < -0.4 is 0 Å². The number of aromatic nitrogens is 2. The average molecular weight is 233 g/mol. The number of fused-ring (bicyclic) bond motifs is 1. The maximum absolute atomic E-state index is 8.82. The fraction of sp³-hybridized carbons (Fsp3) is 0.0667. The van der Waals surface area contributed by atoms with Crippen LogP contribution in [0.2, 0.25) is 0 Å². The van der Waals surface area contributed by atoms with Crippen molar-refractivity contribution in [1.29, 1.82) is 5.26 Å². The van der Waals surface area contributed by atoms with Gasteiger partial charge in [0, 0.05) is 17.3 Å². The van der Waals surface area contributed by atoms with Crippen LogP contribution in [0.25, 0.3) is 22.3 Å². The van der Waals surface area contributed by atoms with E-state index >= 15 is 0 Å². The Morgan fingerprint density at radius 3 is 2.78 bits per heavy atom. The van der Waals surface area contributed by atoms with Crippen LogP contribution in [0.3, 0.4) is 0 Å². The third-order valence-corrected chi connectivity index (χ3v) is 2.98. The zero-order chi connectivity index (χ0) is 12.4. The van der Waals surface area contributed by atoms with Gasteiger partial charge < -0.3 is 4.98 Å². The summed E-state index contributed by atoms with van der Waals surface area (Å²) in [6, 6.07) is 16.2. The summed E-state index contributed by atoms with van der Waals surface area (Å²) in [4.78, 5) is 7.60. The quantitative estimate of drug-likeness (QED) is 0.738. The molecule has 3 nitrogen and oxygen atoms in total. The van der Waals surface area contributed by atoms with Crippen molar-refractivity contribution in [3.05, 3.63) is 54.2 Å². The van der Waals surface area contributed by atoms with Gasteiger partial charge in [0.15, 0.2) is 0 Å². The van der Waals surface area contributed by atoms with Crippen molar-refractivity contribution >= 4 is 11.0 Å². The zero-order valence-corrected chi connectivity index (χ0v) is 9.72. The molecule has 1 aromatic carbocycles. The van der Waals surface area contributed by atoms with Crippen LogP contribution in [-0.4, -0.2) is 9.97 Å². The smallest absolute Gasteiger partial charge is 0.138 e. The van der Waals surface area contributed by atoms with Crippen molar-refractivity contribution in [2.75, 3.05) is 0 Å². The molecule has 0 aliphatic carbocycles. The molecule has 0 atom stereocenters. The number of nitrogens with one attached hydrogen (secondary N) is 1. The minimum Gasteiger partial charge on any atom is -0.339 e. The highest BCUT2D eigenvalue weighted by Gasteiger charge is 2.07. The zero-order valence-electron chi connectivity index (χ0n) is 9.72. The summed E-state index contributed by atoms with van der Waals surface area (Å²) >= 11 is 0. The van der Waals surface area contributed by atoms with E-state index in [1.807, 2.05) is 24.3 Å². The molecule has 0 amide bonds. The van der Waals surface area contributed by atoms with E-state index in [1.54, 1.807) is 6.20 Å². The lowest BCUT2D eigenvalue weighted by molar-refractivity contribution is 1.25. The van der Waals surface area contributed by atoms with Gasteiger partial charge in [-0.25, -0.2) is 4.98 Å². The highest BCUT2D eigenvalue weighted by atomic mass is 14.9. The van der Waals surface area contributed by atoms with E-state index in [4.69, 9.17) is 5.26 Å². The van der Waals surface area contributed by atoms with Crippen molar-refractivity contribution in [1.82, 2.24) is 9.97 Å². The van der Waals surface area contributed by atoms with Gasteiger partial charge in [-0.3, -0.25) is 0 Å². The molecular formula is C15H11N3. The van der Waals surface area contributed by atoms with Gasteiger partial charge in [0.1, 0.15) is 5.65 Å². The SMILES string of the molecule is N#CCc1ccnc2[nH]c(-c3ccccc3)cc12. The minimum absolute atomic E-state index is 0.408. The molecule has 0 saturated carbocycles. The van der Waals surface area contributed by atoms with Crippen molar-refractivity contribution in [2.24, 2.45) is 0 Å². The number of pyridine rings is 1. The molecule has 86 valence electrons. The molecule has 18 heavy (non-hydrogen) atoms. The van der Waals surface area contributed by atoms with Crippen molar-refractivity contribution in [2.45, 2.75) is 6.42 Å². The Hall–Kier alpha value is -2.60. The van der Waals surface area contributed by atoms with Gasteiger partial charge in [0.25, 0.3) is 0 Å². The number of rotatable bonds is 2. The Balaban J connectivity index is 2.18. The van der Waals surface area contributed by atoms with E-state index in [-0.39, 0.29) is 0 Å². The third kappa shape index (κ3) is 1.74. The number of hydrogen-bond acceptors (Lipinski definition) is 2. The molecule has 0 aliphatic rings. The monoisotopic (exact) mass is 233 g/mol. The largest absolute Gasteiger partial charge is 0.339 e. The number of aromatic amines is 1. The van der Waals surface area contributed by atoms with E-state index in [0.29, 0.717) is 6.42 Å². The van der Waals surface area contributed by atoms with E-state index in [9.17, 15) is 0 Å². The Kier molecular flexibility index (Phi) is 2.54. The average Bonchev–Trinajstić information content (AvgIpc) is 2.85. The van der Waals surface area contributed by atoms with Crippen LogP contribution in [0.15, 0.2) is 48.7 Å². The molecule has 3 rings (SSSR count). The standard InChI is InChI=1S/C15H11N3/c16-8-6-11-7-9-17-15-13(11)10-14(18-15)12-4-2-1-3-5-12/h1-5,7,9-10H,6H2,(H,17,18). The van der Waals surface area contributed by atoms with Gasteiger partial charge in [0.05, 0.1) is 12.5 Å². The van der Waals surface area contributed by atoms with Gasteiger partial charge >= 0.3 is 0 Å². The molecular weight excluding hydrogens is 222 g/mol. The second-order valence-electron chi connectivity index (χ2n) is 4.12. The number of H-pyrrole nitrogens is 1. The lowest BCUT2D eigenvalue weighted by atomic mass is 10.1. The van der Waals surface area contributed by atoms with Crippen molar-refractivity contribution in [3.8, 4) is 17.3 Å². The van der Waals surface area contributed by atoms with Gasteiger partial charge in [-0.05, 0) is 23.3 Å². The number of hydrogen-bond donors (Lipinski definition) is 1. The van der Waals surface area contributed by atoms with E-state index in [2.05, 4.69) is 34.2 Å². The normalized spacial score (nSPS) is 10.4. The predicted octanol–water partition coefficient (Wildman–Crippen LogP) is 3.30. The maximum atomic E-state index is 8.82. The molecule has 3 heteroatoms. The molecule has 3 aromatic rings. The second kappa shape index (κ2) is 4.34. The first-order valence-corrected chi connectivity index (χ1v) is 5.77. The third-order valence-electron chi connectivity index (χ3n) is 2.98. The Morgan fingerprint density at radius 2 is 2.00 bits per heavy atom. The fourth-order valence-corrected chi connectivity index (χ4v) is 2.09. The summed E-state index contributed by atoms with van der Waals surface area (Å²) in [5.41, 5.74) is 4.00. The molecule has 0 fully saturated rings. The highest BCUT2D eigenvalue weighted by Crippen LogP contribution is 2.25.